The molecule has 1 aliphatic heterocycles. The lowest BCUT2D eigenvalue weighted by molar-refractivity contribution is 0.608. The highest BCUT2D eigenvalue weighted by atomic mass is 32.1. The molecule has 0 saturated heterocycles. The largest absolute Gasteiger partial charge is 0.440 e. The van der Waals surface area contributed by atoms with E-state index in [-0.39, 0.29) is 6.17 Å². The Morgan fingerprint density at radius 3 is 2.24 bits per heavy atom. The molecular weight excluding hydrogens is 641 g/mol. The van der Waals surface area contributed by atoms with Crippen molar-refractivity contribution in [1.29, 1.82) is 0 Å². The van der Waals surface area contributed by atoms with Gasteiger partial charge in [0.2, 0.25) is 5.88 Å². The number of nitrogens with one attached hydrogen (secondary N) is 1. The number of rotatable bonds is 3. The fourth-order valence-electron chi connectivity index (χ4n) is 8.49. The lowest BCUT2D eigenvalue weighted by atomic mass is 9.85. The molecule has 51 heavy (non-hydrogen) atoms. The number of hydrogen-bond donors (Lipinski definition) is 1. The minimum absolute atomic E-state index is 0.279. The Bertz CT molecular complexity index is 2860. The number of nitrogens with zero attached hydrogens (tertiary/aromatic N) is 1. The van der Waals surface area contributed by atoms with E-state index in [1.54, 1.807) is 0 Å². The number of para-hydroxylation sites is 1. The van der Waals surface area contributed by atoms with Gasteiger partial charge >= 0.3 is 0 Å². The normalized spacial score (nSPS) is 16.7. The van der Waals surface area contributed by atoms with Crippen LogP contribution in [-0.2, 0) is 6.42 Å². The standard InChI is InChI=1S/C47H32N2OS/c1-2-10-31-26-40-32(25-30(31)9-1)21-23-34(35-11-3-4-12-36(35)40)28-17-19-29(20-18-28)46-48-45(44-39-14-5-7-15-41(39)50-47(44)49-46)33-22-24-38-37-13-6-8-16-42(37)51-43(38)27-33/h1-20,22,24-27,34,46,49H,21,23H2. The number of aryl methyl sites for hydroxylation is 1. The van der Waals surface area contributed by atoms with E-state index >= 15 is 0 Å². The summed E-state index contributed by atoms with van der Waals surface area (Å²) in [6.45, 7) is 0. The average Bonchev–Trinajstić information content (AvgIpc) is 3.71. The van der Waals surface area contributed by atoms with Crippen molar-refractivity contribution in [2.45, 2.75) is 24.9 Å². The van der Waals surface area contributed by atoms with Crippen LogP contribution < -0.4 is 5.32 Å². The predicted molar refractivity (Wildman–Crippen MR) is 214 cm³/mol. The molecule has 2 aliphatic rings. The number of fused-ring (bicyclic) bond motifs is 10. The molecule has 3 nitrogen and oxygen atoms in total. The maximum absolute atomic E-state index is 6.47. The van der Waals surface area contributed by atoms with Gasteiger partial charge in [-0.1, -0.05) is 127 Å². The quantitative estimate of drug-likeness (QED) is 0.203. The first-order valence-electron chi connectivity index (χ1n) is 17.7. The molecule has 0 radical (unpaired) electrons. The number of anilines is 1. The summed E-state index contributed by atoms with van der Waals surface area (Å²) >= 11 is 1.84. The summed E-state index contributed by atoms with van der Waals surface area (Å²) in [5.41, 5.74) is 12.0. The van der Waals surface area contributed by atoms with Crippen LogP contribution in [0.25, 0.3) is 53.0 Å². The summed E-state index contributed by atoms with van der Waals surface area (Å²) in [5.74, 6) is 1.08. The van der Waals surface area contributed by atoms with Crippen molar-refractivity contribution >= 4 is 64.8 Å². The minimum Gasteiger partial charge on any atom is -0.440 e. The number of aliphatic imine (C=N–C) groups is 1. The van der Waals surface area contributed by atoms with Crippen LogP contribution in [0.2, 0.25) is 0 Å². The van der Waals surface area contributed by atoms with Gasteiger partial charge in [0.1, 0.15) is 11.7 Å². The zero-order valence-electron chi connectivity index (χ0n) is 27.8. The van der Waals surface area contributed by atoms with Crippen molar-refractivity contribution in [2.75, 3.05) is 5.32 Å². The number of furan rings is 1. The molecule has 3 heterocycles. The van der Waals surface area contributed by atoms with E-state index < -0.39 is 0 Å². The third kappa shape index (κ3) is 4.60. The molecule has 0 fully saturated rings. The fraction of sp³-hybridized carbons (Fsp3) is 0.0851. The van der Waals surface area contributed by atoms with Crippen LogP contribution in [0.4, 0.5) is 5.88 Å². The first kappa shape index (κ1) is 28.8. The van der Waals surface area contributed by atoms with Crippen molar-refractivity contribution in [3.8, 4) is 11.1 Å². The van der Waals surface area contributed by atoms with Crippen LogP contribution in [-0.4, -0.2) is 5.71 Å². The molecule has 0 spiro atoms. The summed E-state index contributed by atoms with van der Waals surface area (Å²) in [6.07, 6.45) is 1.82. The van der Waals surface area contributed by atoms with E-state index in [4.69, 9.17) is 9.41 Å². The Morgan fingerprint density at radius 1 is 0.608 bits per heavy atom. The second-order valence-corrected chi connectivity index (χ2v) is 14.9. The Balaban J connectivity index is 0.986. The summed E-state index contributed by atoms with van der Waals surface area (Å²) in [6, 6.07) is 55.4. The van der Waals surface area contributed by atoms with Crippen molar-refractivity contribution in [3.63, 3.8) is 0 Å². The Morgan fingerprint density at radius 2 is 1.33 bits per heavy atom. The van der Waals surface area contributed by atoms with Gasteiger partial charge in [0.05, 0.1) is 11.3 Å². The molecule has 7 aromatic carbocycles. The van der Waals surface area contributed by atoms with Gasteiger partial charge in [-0.05, 0) is 81.3 Å². The number of hydrogen-bond acceptors (Lipinski definition) is 4. The van der Waals surface area contributed by atoms with E-state index in [1.165, 1.54) is 58.8 Å². The van der Waals surface area contributed by atoms with Crippen LogP contribution in [0.1, 0.15) is 51.9 Å². The molecule has 2 aromatic heterocycles. The third-order valence-corrected chi connectivity index (χ3v) is 12.1. The van der Waals surface area contributed by atoms with Gasteiger partial charge in [-0.15, -0.1) is 11.3 Å². The smallest absolute Gasteiger partial charge is 0.205 e. The number of benzene rings is 7. The summed E-state index contributed by atoms with van der Waals surface area (Å²) in [5, 5.41) is 9.93. The maximum atomic E-state index is 6.47. The predicted octanol–water partition coefficient (Wildman–Crippen LogP) is 12.7. The lowest BCUT2D eigenvalue weighted by Gasteiger charge is -2.24. The van der Waals surface area contributed by atoms with E-state index in [9.17, 15) is 0 Å². The molecule has 242 valence electrons. The molecule has 0 bridgehead atoms. The highest BCUT2D eigenvalue weighted by molar-refractivity contribution is 7.25. The van der Waals surface area contributed by atoms with Crippen LogP contribution in [0, 0.1) is 0 Å². The lowest BCUT2D eigenvalue weighted by Crippen LogP contribution is -2.19. The van der Waals surface area contributed by atoms with E-state index in [2.05, 4.69) is 145 Å². The topological polar surface area (TPSA) is 37.5 Å². The average molecular weight is 673 g/mol. The van der Waals surface area contributed by atoms with E-state index in [0.29, 0.717) is 5.92 Å². The molecule has 1 N–H and O–H groups in total. The van der Waals surface area contributed by atoms with E-state index in [0.717, 1.165) is 52.1 Å². The minimum atomic E-state index is -0.279. The molecule has 2 atom stereocenters. The van der Waals surface area contributed by atoms with Gasteiger partial charge in [0.15, 0.2) is 0 Å². The SMILES string of the molecule is c1ccc2c(c1)-c1cc3ccccc3cc1CCC2c1ccc(C2N=C(c3ccc4c(c3)sc3ccccc34)c3c(oc4ccccc34)N2)cc1. The molecule has 1 aliphatic carbocycles. The number of thiophene rings is 1. The zero-order valence-corrected chi connectivity index (χ0v) is 28.6. The van der Waals surface area contributed by atoms with Crippen LogP contribution in [0.5, 0.6) is 0 Å². The van der Waals surface area contributed by atoms with Gasteiger partial charge < -0.3 is 9.73 Å². The highest BCUT2D eigenvalue weighted by Gasteiger charge is 2.29. The summed E-state index contributed by atoms with van der Waals surface area (Å²) < 4.78 is 9.04. The van der Waals surface area contributed by atoms with Crippen molar-refractivity contribution in [1.82, 2.24) is 0 Å². The van der Waals surface area contributed by atoms with E-state index in [1.807, 2.05) is 23.5 Å². The van der Waals surface area contributed by atoms with Gasteiger partial charge in [-0.3, -0.25) is 4.99 Å². The molecular formula is C47H32N2OS. The van der Waals surface area contributed by atoms with Gasteiger partial charge in [-0.2, -0.15) is 0 Å². The van der Waals surface area contributed by atoms with Gasteiger partial charge in [0, 0.05) is 37.0 Å². The van der Waals surface area contributed by atoms with Crippen LogP contribution in [0.3, 0.4) is 0 Å². The second-order valence-electron chi connectivity index (χ2n) is 13.8. The van der Waals surface area contributed by atoms with Crippen LogP contribution in [0.15, 0.2) is 161 Å². The Labute approximate surface area is 299 Å². The van der Waals surface area contributed by atoms with Crippen LogP contribution >= 0.6 is 11.3 Å². The monoisotopic (exact) mass is 672 g/mol. The highest BCUT2D eigenvalue weighted by Crippen LogP contribution is 2.44. The summed E-state index contributed by atoms with van der Waals surface area (Å²) in [7, 11) is 0. The van der Waals surface area contributed by atoms with Crippen molar-refractivity contribution in [3.05, 3.63) is 185 Å². The zero-order chi connectivity index (χ0) is 33.5. The molecule has 9 aromatic rings. The molecule has 0 saturated carbocycles. The first-order chi connectivity index (χ1) is 25.2. The second kappa shape index (κ2) is 11.3. The third-order valence-electron chi connectivity index (χ3n) is 11.0. The van der Waals surface area contributed by atoms with Crippen molar-refractivity contribution in [2.24, 2.45) is 4.99 Å². The summed E-state index contributed by atoms with van der Waals surface area (Å²) in [4.78, 5) is 5.44. The molecule has 4 heteroatoms. The molecule has 11 rings (SSSR count). The van der Waals surface area contributed by atoms with Gasteiger partial charge in [0.25, 0.3) is 0 Å². The Kier molecular flexibility index (Phi) is 6.37. The Hall–Kier alpha value is -5.97. The first-order valence-corrected chi connectivity index (χ1v) is 18.6. The maximum Gasteiger partial charge on any atom is 0.205 e. The molecule has 2 unspecified atom stereocenters. The fourth-order valence-corrected chi connectivity index (χ4v) is 9.63. The van der Waals surface area contributed by atoms with Gasteiger partial charge in [-0.25, -0.2) is 0 Å². The molecule has 0 amide bonds. The van der Waals surface area contributed by atoms with Crippen molar-refractivity contribution < 1.29 is 4.42 Å².